The number of carbonyl (C=O) groups is 1. The summed E-state index contributed by atoms with van der Waals surface area (Å²) in [6, 6.07) is 19.9. The maximum atomic E-state index is 12.4. The topological polar surface area (TPSA) is 77.8 Å². The van der Waals surface area contributed by atoms with Crippen LogP contribution in [0.25, 0.3) is 0 Å². The van der Waals surface area contributed by atoms with Gasteiger partial charge >= 0.3 is 0 Å². The minimum absolute atomic E-state index is 0.259. The van der Waals surface area contributed by atoms with Gasteiger partial charge in [0.25, 0.3) is 5.91 Å². The molecule has 1 heterocycles. The SMILES string of the molecule is N#Cc1cccc(NC(=O)c2ccnc(NCCc3cccc(Cl)c3)c2)c1. The highest BCUT2D eigenvalue weighted by Crippen LogP contribution is 2.14. The van der Waals surface area contributed by atoms with E-state index in [0.29, 0.717) is 34.2 Å². The zero-order valence-corrected chi connectivity index (χ0v) is 15.2. The van der Waals surface area contributed by atoms with Gasteiger partial charge in [0.1, 0.15) is 5.82 Å². The molecule has 0 fully saturated rings. The largest absolute Gasteiger partial charge is 0.370 e. The van der Waals surface area contributed by atoms with Crippen LogP contribution < -0.4 is 10.6 Å². The van der Waals surface area contributed by atoms with Gasteiger partial charge < -0.3 is 10.6 Å². The van der Waals surface area contributed by atoms with E-state index in [1.165, 1.54) is 0 Å². The van der Waals surface area contributed by atoms with Crippen LogP contribution in [-0.4, -0.2) is 17.4 Å². The quantitative estimate of drug-likeness (QED) is 0.663. The number of pyridine rings is 1. The normalized spacial score (nSPS) is 10.1. The summed E-state index contributed by atoms with van der Waals surface area (Å²) in [6.45, 7) is 0.669. The molecule has 1 amide bonds. The average Bonchev–Trinajstić information content (AvgIpc) is 2.68. The molecule has 27 heavy (non-hydrogen) atoms. The second-order valence-electron chi connectivity index (χ2n) is 5.88. The molecule has 5 nitrogen and oxygen atoms in total. The Morgan fingerprint density at radius 2 is 1.96 bits per heavy atom. The summed E-state index contributed by atoms with van der Waals surface area (Å²) in [4.78, 5) is 16.7. The third kappa shape index (κ3) is 5.30. The third-order valence-electron chi connectivity index (χ3n) is 3.88. The zero-order chi connectivity index (χ0) is 19.1. The lowest BCUT2D eigenvalue weighted by Crippen LogP contribution is -2.13. The first-order valence-corrected chi connectivity index (χ1v) is 8.78. The molecule has 2 aromatic carbocycles. The van der Waals surface area contributed by atoms with Crippen molar-refractivity contribution >= 4 is 29.0 Å². The molecule has 0 saturated carbocycles. The Labute approximate surface area is 162 Å². The van der Waals surface area contributed by atoms with E-state index < -0.39 is 0 Å². The average molecular weight is 377 g/mol. The van der Waals surface area contributed by atoms with E-state index >= 15 is 0 Å². The number of carbonyl (C=O) groups excluding carboxylic acids is 1. The molecule has 0 radical (unpaired) electrons. The van der Waals surface area contributed by atoms with Gasteiger partial charge in [-0.3, -0.25) is 4.79 Å². The van der Waals surface area contributed by atoms with Crippen LogP contribution in [0.15, 0.2) is 66.9 Å². The van der Waals surface area contributed by atoms with Gasteiger partial charge in [0.2, 0.25) is 0 Å². The number of aromatic nitrogens is 1. The predicted octanol–water partition coefficient (Wildman–Crippen LogP) is 4.51. The molecule has 1 aromatic heterocycles. The Morgan fingerprint density at radius 3 is 2.78 bits per heavy atom. The van der Waals surface area contributed by atoms with Crippen molar-refractivity contribution in [3.63, 3.8) is 0 Å². The minimum Gasteiger partial charge on any atom is -0.370 e. The van der Waals surface area contributed by atoms with Crippen molar-refractivity contribution in [2.45, 2.75) is 6.42 Å². The third-order valence-corrected chi connectivity index (χ3v) is 4.12. The second-order valence-corrected chi connectivity index (χ2v) is 6.32. The monoisotopic (exact) mass is 376 g/mol. The molecule has 2 N–H and O–H groups in total. The molecule has 0 unspecified atom stereocenters. The first-order valence-electron chi connectivity index (χ1n) is 8.40. The van der Waals surface area contributed by atoms with Gasteiger partial charge in [-0.2, -0.15) is 5.26 Å². The van der Waals surface area contributed by atoms with Crippen molar-refractivity contribution in [2.75, 3.05) is 17.2 Å². The van der Waals surface area contributed by atoms with E-state index in [0.717, 1.165) is 12.0 Å². The van der Waals surface area contributed by atoms with Crippen molar-refractivity contribution in [1.82, 2.24) is 4.98 Å². The fraction of sp³-hybridized carbons (Fsp3) is 0.0952. The number of benzene rings is 2. The van der Waals surface area contributed by atoms with Crippen molar-refractivity contribution in [3.05, 3.63) is 88.6 Å². The Bertz CT molecular complexity index is 997. The first kappa shape index (κ1) is 18.4. The van der Waals surface area contributed by atoms with Gasteiger partial charge in [0, 0.05) is 29.0 Å². The Morgan fingerprint density at radius 1 is 1.11 bits per heavy atom. The first-order chi connectivity index (χ1) is 13.1. The smallest absolute Gasteiger partial charge is 0.255 e. The number of nitrogens with one attached hydrogen (secondary N) is 2. The summed E-state index contributed by atoms with van der Waals surface area (Å²) < 4.78 is 0. The molecule has 3 aromatic rings. The van der Waals surface area contributed by atoms with Crippen molar-refractivity contribution < 1.29 is 4.79 Å². The highest BCUT2D eigenvalue weighted by atomic mass is 35.5. The number of rotatable bonds is 6. The fourth-order valence-corrected chi connectivity index (χ4v) is 2.78. The molecular weight excluding hydrogens is 360 g/mol. The Kier molecular flexibility index (Phi) is 6.03. The molecular formula is C21H17ClN4O. The van der Waals surface area contributed by atoms with Gasteiger partial charge in [-0.1, -0.05) is 29.8 Å². The van der Waals surface area contributed by atoms with Crippen LogP contribution in [0, 0.1) is 11.3 Å². The highest BCUT2D eigenvalue weighted by Gasteiger charge is 2.08. The van der Waals surface area contributed by atoms with Crippen LogP contribution in [0.5, 0.6) is 0 Å². The maximum Gasteiger partial charge on any atom is 0.255 e. The van der Waals surface area contributed by atoms with Gasteiger partial charge in [0.05, 0.1) is 11.6 Å². The van der Waals surface area contributed by atoms with Crippen molar-refractivity contribution in [1.29, 1.82) is 5.26 Å². The van der Waals surface area contributed by atoms with E-state index in [9.17, 15) is 4.79 Å². The standard InChI is InChI=1S/C21H17ClN4O/c22-18-5-1-3-15(11-18)7-9-24-20-13-17(8-10-25-20)21(27)26-19-6-2-4-16(12-19)14-23/h1-6,8,10-13H,7,9H2,(H,24,25)(H,26,27). The molecule has 0 aliphatic heterocycles. The van der Waals surface area contributed by atoms with Crippen molar-refractivity contribution in [2.24, 2.45) is 0 Å². The van der Waals surface area contributed by atoms with E-state index in [2.05, 4.69) is 21.7 Å². The summed E-state index contributed by atoms with van der Waals surface area (Å²) in [5.41, 5.74) is 2.68. The molecule has 3 rings (SSSR count). The van der Waals surface area contributed by atoms with Crippen LogP contribution in [-0.2, 0) is 6.42 Å². The van der Waals surface area contributed by atoms with E-state index in [1.807, 2.05) is 24.3 Å². The lowest BCUT2D eigenvalue weighted by molar-refractivity contribution is 0.102. The van der Waals surface area contributed by atoms with Crippen molar-refractivity contribution in [3.8, 4) is 6.07 Å². The minimum atomic E-state index is -0.259. The van der Waals surface area contributed by atoms with Crippen LogP contribution in [0.2, 0.25) is 5.02 Å². The van der Waals surface area contributed by atoms with Crippen LogP contribution >= 0.6 is 11.6 Å². The van der Waals surface area contributed by atoms with Gasteiger partial charge in [0.15, 0.2) is 0 Å². The van der Waals surface area contributed by atoms with E-state index in [1.54, 1.807) is 42.6 Å². The Balaban J connectivity index is 1.60. The number of hydrogen-bond donors (Lipinski definition) is 2. The molecule has 134 valence electrons. The number of halogens is 1. The number of nitriles is 1. The lowest BCUT2D eigenvalue weighted by Gasteiger charge is -2.09. The summed E-state index contributed by atoms with van der Waals surface area (Å²) >= 11 is 5.99. The summed E-state index contributed by atoms with van der Waals surface area (Å²) in [5.74, 6) is 0.362. The zero-order valence-electron chi connectivity index (χ0n) is 14.4. The molecule has 0 bridgehead atoms. The Hall–Kier alpha value is -3.36. The predicted molar refractivity (Wildman–Crippen MR) is 107 cm³/mol. The number of hydrogen-bond acceptors (Lipinski definition) is 4. The molecule has 0 atom stereocenters. The second kappa shape index (κ2) is 8.84. The highest BCUT2D eigenvalue weighted by molar-refractivity contribution is 6.30. The van der Waals surface area contributed by atoms with E-state index in [4.69, 9.17) is 16.9 Å². The van der Waals surface area contributed by atoms with E-state index in [-0.39, 0.29) is 5.91 Å². The number of anilines is 2. The maximum absolute atomic E-state index is 12.4. The van der Waals surface area contributed by atoms with Gasteiger partial charge in [-0.15, -0.1) is 0 Å². The number of amides is 1. The van der Waals surface area contributed by atoms with Gasteiger partial charge in [-0.05, 0) is 54.4 Å². The fourth-order valence-electron chi connectivity index (χ4n) is 2.57. The molecule has 0 aliphatic carbocycles. The van der Waals surface area contributed by atoms with Crippen LogP contribution in [0.4, 0.5) is 11.5 Å². The van der Waals surface area contributed by atoms with Crippen LogP contribution in [0.1, 0.15) is 21.5 Å². The lowest BCUT2D eigenvalue weighted by atomic mass is 10.1. The van der Waals surface area contributed by atoms with Crippen LogP contribution in [0.3, 0.4) is 0 Å². The number of nitrogens with zero attached hydrogens (tertiary/aromatic N) is 2. The molecule has 0 spiro atoms. The molecule has 0 aliphatic rings. The van der Waals surface area contributed by atoms with Gasteiger partial charge in [-0.25, -0.2) is 4.98 Å². The summed E-state index contributed by atoms with van der Waals surface area (Å²) in [7, 11) is 0. The molecule has 0 saturated heterocycles. The molecule has 6 heteroatoms. The summed E-state index contributed by atoms with van der Waals surface area (Å²) in [5, 5.41) is 15.7. The summed E-state index contributed by atoms with van der Waals surface area (Å²) in [6.07, 6.45) is 2.38.